The maximum atomic E-state index is 12.2. The average Bonchev–Trinajstić information content (AvgIpc) is 1.11. The van der Waals surface area contributed by atoms with Crippen LogP contribution in [0.3, 0.4) is 0 Å². The predicted octanol–water partition coefficient (Wildman–Crippen LogP) is 30.1. The van der Waals surface area contributed by atoms with Crippen molar-refractivity contribution < 1.29 is 81.9 Å². The van der Waals surface area contributed by atoms with E-state index in [0.717, 1.165) is 98.5 Å². The van der Waals surface area contributed by atoms with Crippen LogP contribution in [0.4, 0.5) is 0 Å². The van der Waals surface area contributed by atoms with Gasteiger partial charge in [-0.15, -0.1) is 0 Å². The molecule has 0 amide bonds. The number of rotatable bonds is 34. The lowest BCUT2D eigenvalue weighted by atomic mass is 9.50. The lowest BCUT2D eigenvalue weighted by Gasteiger charge is -2.59. The van der Waals surface area contributed by atoms with Gasteiger partial charge in [-0.1, -0.05) is 272 Å². The van der Waals surface area contributed by atoms with Gasteiger partial charge in [0.1, 0.15) is 46.0 Å². The molecule has 4 bridgehead atoms. The van der Waals surface area contributed by atoms with E-state index in [1.165, 1.54) is 144 Å². The van der Waals surface area contributed by atoms with Crippen molar-refractivity contribution >= 4 is 29.8 Å². The average molecular weight is 1840 g/mol. The van der Waals surface area contributed by atoms with Gasteiger partial charge >= 0.3 is 29.8 Å². The molecule has 7 fully saturated rings. The number of phenolic OH excluding ortho intramolecular Hbond substituents is 3. The van der Waals surface area contributed by atoms with E-state index in [9.17, 15) is 24.0 Å². The SMILES string of the molecule is CCC(C)C(=O)OC(C)c1ccccc1.CCC(C)C(=O)OC1(C)C2CC3CC(C2)CC1C3.CCC(C)c1ccc(C(=O)OC2CCOC2=O)cc1.CCC(C)c1ccc(O)cc1.CCC(C)c1ccc(O)cc1.CCC(C)c1ccc(O)cc1.CCC(C)c1ccc(OC(C)OCCC2CCCCC2)c(C(=O)OC)c1.CCC(C)c1ccc(OC(C)OCCC2CCCCC2)cc1. The Morgan fingerprint density at radius 3 is 1.17 bits per heavy atom. The Bertz CT molecular complexity index is 4230. The minimum atomic E-state index is -0.748. The van der Waals surface area contributed by atoms with Crippen LogP contribution in [0.2, 0.25) is 0 Å². The van der Waals surface area contributed by atoms with Crippen molar-refractivity contribution in [2.45, 2.75) is 371 Å². The maximum absolute atomic E-state index is 12.2. The smallest absolute Gasteiger partial charge is 0.347 e. The molecule has 12 unspecified atom stereocenters. The highest BCUT2D eigenvalue weighted by molar-refractivity contribution is 5.93. The summed E-state index contributed by atoms with van der Waals surface area (Å²) in [5, 5.41) is 27.0. The number of ether oxygens (including phenoxy) is 9. The Kier molecular flexibility index (Phi) is 51.0. The molecule has 3 N–H and O–H groups in total. The van der Waals surface area contributed by atoms with Crippen LogP contribution in [0.25, 0.3) is 0 Å². The van der Waals surface area contributed by atoms with Crippen LogP contribution >= 0.6 is 0 Å². The van der Waals surface area contributed by atoms with Crippen molar-refractivity contribution in [2.75, 3.05) is 26.9 Å². The second-order valence-corrected chi connectivity index (χ2v) is 38.6. The van der Waals surface area contributed by atoms with Crippen molar-refractivity contribution in [3.05, 3.63) is 220 Å². The molecule has 14 rings (SSSR count). The molecule has 736 valence electrons. The van der Waals surface area contributed by atoms with Gasteiger partial charge in [0, 0.05) is 6.42 Å². The van der Waals surface area contributed by atoms with Crippen LogP contribution in [0.15, 0.2) is 170 Å². The summed E-state index contributed by atoms with van der Waals surface area (Å²) in [4.78, 5) is 58.9. The van der Waals surface area contributed by atoms with Crippen LogP contribution in [0.1, 0.15) is 407 Å². The van der Waals surface area contributed by atoms with Crippen molar-refractivity contribution in [1.82, 2.24) is 0 Å². The number of aromatic hydroxyl groups is 3. The van der Waals surface area contributed by atoms with E-state index < -0.39 is 24.3 Å². The van der Waals surface area contributed by atoms with Gasteiger partial charge in [0.15, 0.2) is 12.6 Å². The predicted molar refractivity (Wildman–Crippen MR) is 538 cm³/mol. The summed E-state index contributed by atoms with van der Waals surface area (Å²) in [6.45, 7) is 43.8. The molecule has 133 heavy (non-hydrogen) atoms. The third kappa shape index (κ3) is 38.8. The second kappa shape index (κ2) is 60.3. The summed E-state index contributed by atoms with van der Waals surface area (Å²) in [5.41, 5.74) is 9.40. The van der Waals surface area contributed by atoms with Crippen molar-refractivity contribution in [3.63, 3.8) is 0 Å². The monoisotopic (exact) mass is 1840 g/mol. The molecule has 7 aliphatic rings. The van der Waals surface area contributed by atoms with Gasteiger partial charge in [-0.25, -0.2) is 14.4 Å². The Morgan fingerprint density at radius 2 is 0.789 bits per heavy atom. The van der Waals surface area contributed by atoms with Gasteiger partial charge in [0.2, 0.25) is 6.10 Å². The zero-order valence-electron chi connectivity index (χ0n) is 85.1. The number of carbonyl (C=O) groups is 5. The lowest BCUT2D eigenvalue weighted by Crippen LogP contribution is -2.58. The molecule has 1 heterocycles. The number of benzene rings is 7. The zero-order valence-corrected chi connectivity index (χ0v) is 85.1. The lowest BCUT2D eigenvalue weighted by molar-refractivity contribution is -0.206. The Labute approximate surface area is 801 Å². The van der Waals surface area contributed by atoms with Crippen LogP contribution in [0.5, 0.6) is 28.7 Å². The largest absolute Gasteiger partial charge is 0.508 e. The fraction of sp³-hybridized carbons (Fsp3) is 0.595. The highest BCUT2D eigenvalue weighted by Crippen LogP contribution is 2.60. The molecule has 17 nitrogen and oxygen atoms in total. The summed E-state index contributed by atoms with van der Waals surface area (Å²) >= 11 is 0. The van der Waals surface area contributed by atoms with Gasteiger partial charge in [-0.2, -0.15) is 0 Å². The molecule has 7 aromatic rings. The molecule has 0 spiro atoms. The minimum absolute atomic E-state index is 0.0174. The van der Waals surface area contributed by atoms with Gasteiger partial charge in [0.25, 0.3) is 0 Å². The van der Waals surface area contributed by atoms with E-state index in [1.807, 2.05) is 139 Å². The number of esters is 5. The van der Waals surface area contributed by atoms with E-state index in [2.05, 4.69) is 121 Å². The zero-order chi connectivity index (χ0) is 97.5. The quantitative estimate of drug-likeness (QED) is 0.0193. The van der Waals surface area contributed by atoms with E-state index in [1.54, 1.807) is 48.5 Å². The first-order chi connectivity index (χ1) is 63.7. The van der Waals surface area contributed by atoms with E-state index in [0.29, 0.717) is 101 Å². The fourth-order valence-electron chi connectivity index (χ4n) is 17.9. The second-order valence-electron chi connectivity index (χ2n) is 38.6. The highest BCUT2D eigenvalue weighted by Gasteiger charge is 2.57. The molecule has 0 radical (unpaired) electrons. The first-order valence-corrected chi connectivity index (χ1v) is 50.9. The number of hydrogen-bond donors (Lipinski definition) is 3. The van der Waals surface area contributed by atoms with E-state index in [4.69, 9.17) is 58.0 Å². The molecule has 17 heteroatoms. The van der Waals surface area contributed by atoms with Crippen molar-refractivity contribution in [3.8, 4) is 28.7 Å². The fourth-order valence-corrected chi connectivity index (χ4v) is 17.9. The number of carbonyl (C=O) groups excluding carboxylic acids is 5. The van der Waals surface area contributed by atoms with Gasteiger partial charge in [0.05, 0.1) is 44.3 Å². The molecule has 1 aliphatic heterocycles. The Morgan fingerprint density at radius 1 is 0.414 bits per heavy atom. The van der Waals surface area contributed by atoms with Crippen LogP contribution in [0, 0.1) is 47.3 Å². The number of cyclic esters (lactones) is 1. The van der Waals surface area contributed by atoms with Gasteiger partial charge in [-0.3, -0.25) is 9.59 Å². The van der Waals surface area contributed by atoms with Crippen molar-refractivity contribution in [1.29, 1.82) is 0 Å². The normalized spacial score (nSPS) is 20.6. The molecule has 1 saturated heterocycles. The van der Waals surface area contributed by atoms with Crippen LogP contribution < -0.4 is 9.47 Å². The third-order valence-corrected chi connectivity index (χ3v) is 28.8. The van der Waals surface area contributed by atoms with Crippen molar-refractivity contribution in [2.24, 2.45) is 47.3 Å². The van der Waals surface area contributed by atoms with Gasteiger partial charge in [-0.05, 0) is 307 Å². The minimum Gasteiger partial charge on any atom is -0.508 e. The number of hydrogen-bond acceptors (Lipinski definition) is 17. The molecule has 6 saturated carbocycles. The first kappa shape index (κ1) is 113. The van der Waals surface area contributed by atoms with Gasteiger partial charge < -0.3 is 58.0 Å². The molecular weight excluding hydrogens is 1670 g/mol. The Balaban J connectivity index is 0.000000238. The van der Waals surface area contributed by atoms with E-state index in [-0.39, 0.29) is 47.7 Å². The molecule has 6 aliphatic carbocycles. The summed E-state index contributed by atoms with van der Waals surface area (Å²) in [7, 11) is 1.39. The molecule has 7 aromatic carbocycles. The maximum Gasteiger partial charge on any atom is 0.347 e. The molecule has 12 atom stereocenters. The van der Waals surface area contributed by atoms with Crippen LogP contribution in [-0.4, -0.2) is 96.4 Å². The standard InChI is InChI=1S/C22H34O4.C20H32O2.C16H26O2.C15H18O4.C13H18O2.3C10H14O/c1-5-16(2)19-11-12-21(20(15-19)22(23)24-4)26-17(3)25-14-13-18-9-7-6-8-10-18;1-4-16(2)19-10-12-20(13-11-19)22-17(3)21-15-14-18-8-6-5-7-9-18;1-4-10(2)15(17)18-16(3)13-6-11-5-12(8-13)9-14(16)7-11;1-3-10(2)11-4-6-12(7-5-11)14(16)19-13-8-9-18-15(13)17;1-4-10(2)13(14)15-11(3)12-8-6-5-7-9-12;3*1-3-8(2)9-4-6-10(11)7-5-9/h11-12,15-18H,5-10,13-14H2,1-4H3;10-13,16-18H,4-9,14-15H2,1-3H3;10-14H,4-9H2,1-3H3;4-7,10,13H,3,8-9H2,1-2H3;5-11H,4H2,1-3H3;3*4-8,11H,3H2,1-2H3. The van der Waals surface area contributed by atoms with Crippen LogP contribution in [-0.2, 0) is 47.5 Å². The molecule has 0 aromatic heterocycles. The topological polar surface area (TPSA) is 229 Å². The molecular formula is C116H170O17. The number of phenols is 3. The number of methoxy groups -OCH3 is 1. The first-order valence-electron chi connectivity index (χ1n) is 50.9. The van der Waals surface area contributed by atoms with E-state index >= 15 is 0 Å². The third-order valence-electron chi connectivity index (χ3n) is 28.8. The summed E-state index contributed by atoms with van der Waals surface area (Å²) in [5.74, 6) is 9.16. The summed E-state index contributed by atoms with van der Waals surface area (Å²) in [6.07, 6.45) is 30.0. The summed E-state index contributed by atoms with van der Waals surface area (Å²) < 4.78 is 49.6. The Hall–Kier alpha value is -9.19. The highest BCUT2D eigenvalue weighted by atomic mass is 16.7. The summed E-state index contributed by atoms with van der Waals surface area (Å²) in [6, 6.07) is 53.6.